The zero-order valence-corrected chi connectivity index (χ0v) is 29.3. The van der Waals surface area contributed by atoms with Gasteiger partial charge in [-0.05, 0) is 68.4 Å². The Balaban J connectivity index is 0.000000872. The van der Waals surface area contributed by atoms with Gasteiger partial charge in [0.2, 0.25) is 0 Å². The summed E-state index contributed by atoms with van der Waals surface area (Å²) in [6.07, 6.45) is -3.81. The number of carbonyl (C=O) groups excluding carboxylic acids is 2. The number of anilines is 1. The van der Waals surface area contributed by atoms with Crippen LogP contribution in [0.2, 0.25) is 0 Å². The quantitative estimate of drug-likeness (QED) is 0.215. The Morgan fingerprint density at radius 2 is 1.72 bits per heavy atom. The van der Waals surface area contributed by atoms with Crippen molar-refractivity contribution in [3.63, 3.8) is 0 Å². The van der Waals surface area contributed by atoms with Crippen molar-refractivity contribution in [2.75, 3.05) is 31.6 Å². The number of carboxylic acid groups (broad SMARTS) is 2. The van der Waals surface area contributed by atoms with E-state index in [9.17, 15) is 32.7 Å². The largest absolute Gasteiger partial charge is 0.493 e. The zero-order valence-electron chi connectivity index (χ0n) is 29.3. The van der Waals surface area contributed by atoms with Crippen molar-refractivity contribution in [3.8, 4) is 11.5 Å². The van der Waals surface area contributed by atoms with Crippen LogP contribution < -0.4 is 19.7 Å². The van der Waals surface area contributed by atoms with E-state index in [1.807, 2.05) is 39.8 Å². The maximum absolute atomic E-state index is 13.9. The monoisotopic (exact) mass is 706 g/mol. The number of amidine groups is 1. The molecule has 12 nitrogen and oxygen atoms in total. The second kappa shape index (κ2) is 15.8. The number of alkyl halides is 3. The summed E-state index contributed by atoms with van der Waals surface area (Å²) in [5.41, 5.74) is 3.31. The van der Waals surface area contributed by atoms with Gasteiger partial charge in [0.25, 0.3) is 5.91 Å². The minimum absolute atomic E-state index is 0.0295. The third kappa shape index (κ3) is 9.04. The smallest absolute Gasteiger partial charge is 0.490 e. The van der Waals surface area contributed by atoms with Crippen molar-refractivity contribution in [3.05, 3.63) is 52.1 Å². The van der Waals surface area contributed by atoms with Crippen LogP contribution >= 0.6 is 0 Å². The fourth-order valence-electron chi connectivity index (χ4n) is 5.83. The molecule has 2 heterocycles. The molecule has 0 radical (unpaired) electrons. The van der Waals surface area contributed by atoms with Crippen LogP contribution in [0.5, 0.6) is 11.5 Å². The predicted octanol–water partition coefficient (Wildman–Crippen LogP) is 5.63. The highest BCUT2D eigenvalue weighted by atomic mass is 19.4. The number of amides is 1. The average Bonchev–Trinajstić information content (AvgIpc) is 3.59. The molecule has 4 N–H and O–H groups in total. The van der Waals surface area contributed by atoms with Gasteiger partial charge in [0.05, 0.1) is 24.4 Å². The van der Waals surface area contributed by atoms with Crippen LogP contribution in [0.4, 0.5) is 18.9 Å². The molecule has 0 aromatic heterocycles. The number of ether oxygens (including phenoxy) is 2. The standard InChI is InChI=1S/C33H44N4O6.C2HF3O2/c1-8-27(32(40)41)43-29-24(33(4,5)6)13-20(14-25(29)37-12-10-11-19(37)3)26(38)18-36-17-21-15-28(42-9-2)23(31(39)35-7)16-22(21)30(36)34;3-2(4,5)1(6)7/h13-16,19,27,34H,8-12,17-18H2,1-7H3,(H,35,39)(H,40,41);(H,6,7). The van der Waals surface area contributed by atoms with Gasteiger partial charge < -0.3 is 34.8 Å². The van der Waals surface area contributed by atoms with Crippen LogP contribution in [0, 0.1) is 5.41 Å². The normalized spacial score (nSPS) is 16.3. The summed E-state index contributed by atoms with van der Waals surface area (Å²) in [4.78, 5) is 51.2. The number of carbonyl (C=O) groups is 4. The van der Waals surface area contributed by atoms with Crippen molar-refractivity contribution < 1.29 is 52.0 Å². The number of benzene rings is 2. The molecule has 1 saturated heterocycles. The maximum Gasteiger partial charge on any atom is 0.490 e. The number of nitrogens with one attached hydrogen (secondary N) is 2. The molecular formula is C35H45F3N4O8. The Bertz CT molecular complexity index is 1640. The van der Waals surface area contributed by atoms with Crippen LogP contribution in [0.15, 0.2) is 24.3 Å². The molecule has 2 unspecified atom stereocenters. The van der Waals surface area contributed by atoms with Crippen molar-refractivity contribution in [2.45, 2.75) is 91.1 Å². The number of hydrogen-bond donors (Lipinski definition) is 4. The first-order valence-corrected chi connectivity index (χ1v) is 16.3. The van der Waals surface area contributed by atoms with E-state index in [1.165, 1.54) is 0 Å². The Hall–Kier alpha value is -4.82. The number of ketones is 1. The number of rotatable bonds is 11. The molecule has 2 aromatic carbocycles. The molecule has 0 spiro atoms. The molecule has 274 valence electrons. The topological polar surface area (TPSA) is 170 Å². The highest BCUT2D eigenvalue weighted by molar-refractivity contribution is 6.08. The molecule has 2 aromatic rings. The molecule has 0 saturated carbocycles. The van der Waals surface area contributed by atoms with Crippen LogP contribution in [0.25, 0.3) is 0 Å². The van der Waals surface area contributed by atoms with E-state index >= 15 is 0 Å². The second-order valence-electron chi connectivity index (χ2n) is 13.1. The highest BCUT2D eigenvalue weighted by Gasteiger charge is 2.38. The van der Waals surface area contributed by atoms with Gasteiger partial charge in [0.15, 0.2) is 11.9 Å². The van der Waals surface area contributed by atoms with Gasteiger partial charge in [-0.2, -0.15) is 13.2 Å². The van der Waals surface area contributed by atoms with Gasteiger partial charge in [0, 0.05) is 42.9 Å². The number of hydrogen-bond acceptors (Lipinski definition) is 8. The molecular weight excluding hydrogens is 661 g/mol. The first-order chi connectivity index (χ1) is 23.2. The van der Waals surface area contributed by atoms with Crippen molar-refractivity contribution in [1.29, 1.82) is 5.41 Å². The van der Waals surface area contributed by atoms with E-state index in [0.717, 1.165) is 36.2 Å². The number of halogens is 3. The van der Waals surface area contributed by atoms with Crippen LogP contribution in [0.1, 0.15) is 98.2 Å². The Kier molecular flexibility index (Phi) is 12.5. The van der Waals surface area contributed by atoms with Gasteiger partial charge in [0.1, 0.15) is 17.3 Å². The van der Waals surface area contributed by atoms with E-state index in [0.29, 0.717) is 47.8 Å². The third-order valence-electron chi connectivity index (χ3n) is 8.45. The van der Waals surface area contributed by atoms with E-state index in [2.05, 4.69) is 17.1 Å². The minimum atomic E-state index is -5.08. The summed E-state index contributed by atoms with van der Waals surface area (Å²) in [6, 6.07) is 7.30. The number of fused-ring (bicyclic) bond motifs is 1. The van der Waals surface area contributed by atoms with Crippen LogP contribution in [-0.4, -0.2) is 89.6 Å². The molecule has 2 aliphatic heterocycles. The molecule has 15 heteroatoms. The number of nitrogens with zero attached hydrogens (tertiary/aromatic N) is 2. The highest BCUT2D eigenvalue weighted by Crippen LogP contribution is 2.43. The average molecular weight is 707 g/mol. The number of carboxylic acids is 2. The van der Waals surface area contributed by atoms with E-state index in [-0.39, 0.29) is 30.1 Å². The zero-order chi connectivity index (χ0) is 37.7. The van der Waals surface area contributed by atoms with Gasteiger partial charge in [-0.25, -0.2) is 9.59 Å². The molecule has 0 bridgehead atoms. The van der Waals surface area contributed by atoms with E-state index in [1.54, 1.807) is 31.0 Å². The van der Waals surface area contributed by atoms with E-state index < -0.39 is 29.6 Å². The van der Waals surface area contributed by atoms with Gasteiger partial charge in [-0.3, -0.25) is 15.0 Å². The Morgan fingerprint density at radius 1 is 1.08 bits per heavy atom. The second-order valence-corrected chi connectivity index (χ2v) is 13.1. The maximum atomic E-state index is 13.9. The number of Topliss-reactive ketones (excluding diaryl/α,β-unsaturated/α-hetero) is 1. The predicted molar refractivity (Wildman–Crippen MR) is 180 cm³/mol. The van der Waals surface area contributed by atoms with Crippen LogP contribution in [-0.2, 0) is 21.5 Å². The molecule has 1 amide bonds. The lowest BCUT2D eigenvalue weighted by Gasteiger charge is -2.32. The molecule has 50 heavy (non-hydrogen) atoms. The van der Waals surface area contributed by atoms with Gasteiger partial charge in [-0.15, -0.1) is 0 Å². The Labute approximate surface area is 289 Å². The summed E-state index contributed by atoms with van der Waals surface area (Å²) in [7, 11) is 1.55. The lowest BCUT2D eigenvalue weighted by atomic mass is 9.84. The molecule has 4 rings (SSSR count). The summed E-state index contributed by atoms with van der Waals surface area (Å²) in [5.74, 6) is -3.11. The minimum Gasteiger partial charge on any atom is -0.493 e. The van der Waals surface area contributed by atoms with Crippen LogP contribution in [0.3, 0.4) is 0 Å². The van der Waals surface area contributed by atoms with Crippen molar-refractivity contribution in [2.24, 2.45) is 0 Å². The first-order valence-electron chi connectivity index (χ1n) is 16.3. The van der Waals surface area contributed by atoms with Gasteiger partial charge >= 0.3 is 18.1 Å². The van der Waals surface area contributed by atoms with E-state index in [4.69, 9.17) is 24.8 Å². The lowest BCUT2D eigenvalue weighted by Crippen LogP contribution is -2.33. The third-order valence-corrected chi connectivity index (χ3v) is 8.45. The summed E-state index contributed by atoms with van der Waals surface area (Å²) >= 11 is 0. The summed E-state index contributed by atoms with van der Waals surface area (Å²) in [6.45, 7) is 13.3. The summed E-state index contributed by atoms with van der Waals surface area (Å²) in [5, 5.41) is 28.4. The van der Waals surface area contributed by atoms with Gasteiger partial charge in [-0.1, -0.05) is 27.7 Å². The molecule has 2 aliphatic rings. The van der Waals surface area contributed by atoms with Crippen molar-refractivity contribution >= 4 is 35.2 Å². The summed E-state index contributed by atoms with van der Waals surface area (Å²) < 4.78 is 43.7. The molecule has 1 fully saturated rings. The lowest BCUT2D eigenvalue weighted by molar-refractivity contribution is -0.192. The molecule has 0 aliphatic carbocycles. The SMILES string of the molecule is CCOc1cc2c(cc1C(=O)NC)C(=N)N(CC(=O)c1cc(N3CCCC3C)c(OC(CC)C(=O)O)c(C(C)(C)C)c1)C2.O=C(O)C(F)(F)F. The molecule has 2 atom stereocenters. The number of aliphatic carboxylic acids is 2. The van der Waals surface area contributed by atoms with Crippen molar-refractivity contribution in [1.82, 2.24) is 10.2 Å². The fourth-order valence-corrected chi connectivity index (χ4v) is 5.83. The first kappa shape index (κ1) is 39.6. The fraction of sp³-hybridized carbons (Fsp3) is 0.514. The Morgan fingerprint density at radius 3 is 2.20 bits per heavy atom.